The monoisotopic (exact) mass is 460 g/mol. The highest BCUT2D eigenvalue weighted by Crippen LogP contribution is 2.38. The summed E-state index contributed by atoms with van der Waals surface area (Å²) in [5.74, 6) is -0.613. The molecule has 0 spiro atoms. The van der Waals surface area contributed by atoms with Crippen molar-refractivity contribution in [2.45, 2.75) is 32.4 Å². The van der Waals surface area contributed by atoms with Gasteiger partial charge in [-0.25, -0.2) is 8.42 Å². The molecule has 168 valence electrons. The molecule has 1 N–H and O–H groups in total. The fraction of sp³-hybridized carbons (Fsp3) is 0.269. The minimum Gasteiger partial charge on any atom is -0.496 e. The Bertz CT molecular complexity index is 1480. The van der Waals surface area contributed by atoms with Crippen molar-refractivity contribution < 1.29 is 30.3 Å². The lowest BCUT2D eigenvalue weighted by Crippen LogP contribution is -2.15. The zero-order valence-corrected chi connectivity index (χ0v) is 18.4. The molecule has 6 heteroatoms. The first-order valence-electron chi connectivity index (χ1n) is 14.1. The molecule has 0 fully saturated rings. The fourth-order valence-corrected chi connectivity index (χ4v) is 3.86. The number of sulfonamides is 1. The number of methoxy groups -OCH3 is 1. The number of ether oxygens (including phenoxy) is 1. The Labute approximate surface area is 203 Å². The molecule has 2 aromatic rings. The van der Waals surface area contributed by atoms with Gasteiger partial charge in [0.05, 0.1) is 13.4 Å². The summed E-state index contributed by atoms with van der Waals surface area (Å²) < 4.78 is 105. The molecule has 5 nitrogen and oxygen atoms in total. The van der Waals surface area contributed by atoms with Gasteiger partial charge in [0, 0.05) is 41.1 Å². The lowest BCUT2D eigenvalue weighted by atomic mass is 9.82. The van der Waals surface area contributed by atoms with Crippen LogP contribution in [-0.4, -0.2) is 27.6 Å². The van der Waals surface area contributed by atoms with Gasteiger partial charge in [0.15, 0.2) is 5.78 Å². The number of Topliss-reactive ketones (excluding diaryl/α,β-unsaturated/α-hetero) is 1. The number of rotatable bonds is 6. The van der Waals surface area contributed by atoms with Gasteiger partial charge in [-0.05, 0) is 40.8 Å². The third-order valence-electron chi connectivity index (χ3n) is 4.71. The maximum atomic E-state index is 12.8. The Kier molecular flexibility index (Phi) is 4.04. The number of nitrogens with one attached hydrogen (secondary N) is 1. The quantitative estimate of drug-likeness (QED) is 0.582. The van der Waals surface area contributed by atoms with Crippen LogP contribution in [0.4, 0.5) is 5.69 Å². The summed E-state index contributed by atoms with van der Waals surface area (Å²) in [4.78, 5) is 12.8. The van der Waals surface area contributed by atoms with Crippen molar-refractivity contribution in [1.82, 2.24) is 0 Å². The van der Waals surface area contributed by atoms with Crippen LogP contribution >= 0.6 is 0 Å². The predicted octanol–water partition coefficient (Wildman–Crippen LogP) is 5.45. The van der Waals surface area contributed by atoms with E-state index in [1.54, 1.807) is 30.4 Å². The Morgan fingerprint density at radius 2 is 1.84 bits per heavy atom. The van der Waals surface area contributed by atoms with Crippen LogP contribution in [0.2, 0.25) is 0 Å². The first-order chi connectivity index (χ1) is 18.7. The smallest absolute Gasteiger partial charge is 0.229 e. The van der Waals surface area contributed by atoms with E-state index in [2.05, 4.69) is 4.72 Å². The number of allylic oxidation sites excluding steroid dienone is 4. The SMILES string of the molecule is [2H]C([2H])([2H])C(c1cc(C2=CC=CCC2=O)cc(/C=C/c2ccc(NS(C)(=O)=O)cc2)c1OC)(C([2H])([2H])[2H])C([2H])([2H])[2H]. The van der Waals surface area contributed by atoms with E-state index in [-0.39, 0.29) is 34.7 Å². The molecule has 2 aromatic carbocycles. The number of hydrogen-bond acceptors (Lipinski definition) is 4. The second kappa shape index (κ2) is 9.17. The molecule has 0 aliphatic heterocycles. The van der Waals surface area contributed by atoms with Gasteiger partial charge >= 0.3 is 0 Å². The summed E-state index contributed by atoms with van der Waals surface area (Å²) in [5.41, 5.74) is -2.67. The van der Waals surface area contributed by atoms with Crippen LogP contribution in [0.3, 0.4) is 0 Å². The molecule has 0 radical (unpaired) electrons. The van der Waals surface area contributed by atoms with Crippen molar-refractivity contribution in [3.8, 4) is 5.75 Å². The average Bonchev–Trinajstić information content (AvgIpc) is 2.80. The first kappa shape index (κ1) is 14.1. The van der Waals surface area contributed by atoms with Crippen molar-refractivity contribution >= 4 is 39.2 Å². The highest BCUT2D eigenvalue weighted by atomic mass is 32.2. The second-order valence-corrected chi connectivity index (χ2v) is 9.11. The van der Waals surface area contributed by atoms with Crippen LogP contribution in [0.1, 0.15) is 61.6 Å². The van der Waals surface area contributed by atoms with Gasteiger partial charge in [0.1, 0.15) is 5.75 Å². The molecule has 0 saturated carbocycles. The van der Waals surface area contributed by atoms with Crippen LogP contribution < -0.4 is 9.46 Å². The Hall–Kier alpha value is -3.12. The highest BCUT2D eigenvalue weighted by molar-refractivity contribution is 7.92. The summed E-state index contributed by atoms with van der Waals surface area (Å²) in [6.07, 6.45) is 8.82. The molecule has 0 amide bonds. The molecule has 0 atom stereocenters. The zero-order valence-electron chi connectivity index (χ0n) is 26.6. The molecular formula is C26H29NO4S. The molecule has 1 aliphatic carbocycles. The second-order valence-electron chi connectivity index (χ2n) is 7.36. The van der Waals surface area contributed by atoms with Crippen LogP contribution in [0.25, 0.3) is 17.7 Å². The predicted molar refractivity (Wildman–Crippen MR) is 132 cm³/mol. The fourth-order valence-electron chi connectivity index (χ4n) is 3.30. The van der Waals surface area contributed by atoms with E-state index < -0.39 is 41.6 Å². The number of anilines is 1. The standard InChI is InChI=1S/C26H29NO4S/c1-26(2,3)23-17-20(22-8-6-7-9-24(22)28)16-19(25(23)31-4)13-10-18-11-14-21(15-12-18)27-32(5,29)30/h6-8,10-17,27H,9H2,1-5H3/b13-10+/i1D3,2D3,3D3. The van der Waals surface area contributed by atoms with Gasteiger partial charge in [-0.1, -0.05) is 63.1 Å². The number of carbonyl (C=O) groups is 1. The highest BCUT2D eigenvalue weighted by Gasteiger charge is 2.24. The number of benzene rings is 2. The van der Waals surface area contributed by atoms with Gasteiger partial charge in [-0.3, -0.25) is 9.52 Å². The van der Waals surface area contributed by atoms with Gasteiger partial charge in [-0.2, -0.15) is 0 Å². The zero-order chi connectivity index (χ0) is 31.0. The number of ketones is 1. The van der Waals surface area contributed by atoms with Crippen molar-refractivity contribution in [2.24, 2.45) is 0 Å². The number of hydrogen-bond donors (Lipinski definition) is 1. The van der Waals surface area contributed by atoms with Crippen molar-refractivity contribution in [3.05, 3.63) is 76.9 Å². The maximum Gasteiger partial charge on any atom is 0.229 e. The normalized spacial score (nSPS) is 19.9. The van der Waals surface area contributed by atoms with Crippen molar-refractivity contribution in [1.29, 1.82) is 0 Å². The summed E-state index contributed by atoms with van der Waals surface area (Å²) in [6, 6.07) is 8.81. The molecule has 3 rings (SSSR count). The maximum absolute atomic E-state index is 12.8. The number of carbonyl (C=O) groups excluding carboxylic acids is 1. The molecule has 1 aliphatic rings. The van der Waals surface area contributed by atoms with E-state index in [1.807, 2.05) is 0 Å². The van der Waals surface area contributed by atoms with Gasteiger partial charge in [-0.15, -0.1) is 0 Å². The summed E-state index contributed by atoms with van der Waals surface area (Å²) in [7, 11) is -2.32. The minimum absolute atomic E-state index is 0.0508. The Morgan fingerprint density at radius 3 is 2.44 bits per heavy atom. The van der Waals surface area contributed by atoms with E-state index in [9.17, 15) is 13.2 Å². The lowest BCUT2D eigenvalue weighted by molar-refractivity contribution is -0.113. The van der Waals surface area contributed by atoms with Gasteiger partial charge in [0.2, 0.25) is 10.0 Å². The van der Waals surface area contributed by atoms with E-state index in [4.69, 9.17) is 17.1 Å². The van der Waals surface area contributed by atoms with Crippen molar-refractivity contribution in [3.63, 3.8) is 0 Å². The molecule has 0 heterocycles. The lowest BCUT2D eigenvalue weighted by Gasteiger charge is -2.25. The average molecular weight is 461 g/mol. The topological polar surface area (TPSA) is 72.5 Å². The van der Waals surface area contributed by atoms with Crippen molar-refractivity contribution in [2.75, 3.05) is 18.1 Å². The molecule has 0 saturated heterocycles. The molecule has 0 bridgehead atoms. The van der Waals surface area contributed by atoms with E-state index in [0.717, 1.165) is 12.3 Å². The largest absolute Gasteiger partial charge is 0.496 e. The molecule has 0 aromatic heterocycles. The third kappa shape index (κ3) is 5.77. The molecule has 32 heavy (non-hydrogen) atoms. The molecular weight excluding hydrogens is 422 g/mol. The Morgan fingerprint density at radius 1 is 1.12 bits per heavy atom. The third-order valence-corrected chi connectivity index (χ3v) is 5.32. The summed E-state index contributed by atoms with van der Waals surface area (Å²) in [5, 5.41) is 0. The van der Waals surface area contributed by atoms with Gasteiger partial charge in [0.25, 0.3) is 0 Å². The molecule has 0 unspecified atom stereocenters. The Balaban J connectivity index is 2.36. The summed E-state index contributed by atoms with van der Waals surface area (Å²) in [6.45, 7) is -10.7. The summed E-state index contributed by atoms with van der Waals surface area (Å²) >= 11 is 0. The minimum atomic E-state index is -3.55. The van der Waals surface area contributed by atoms with E-state index >= 15 is 0 Å². The van der Waals surface area contributed by atoms with Gasteiger partial charge < -0.3 is 4.74 Å². The van der Waals surface area contributed by atoms with Crippen LogP contribution in [0.5, 0.6) is 5.75 Å². The van der Waals surface area contributed by atoms with Crippen LogP contribution in [-0.2, 0) is 20.2 Å². The van der Waals surface area contributed by atoms with Crippen LogP contribution in [0, 0.1) is 0 Å². The van der Waals surface area contributed by atoms with E-state index in [1.165, 1.54) is 37.5 Å². The first-order valence-corrected chi connectivity index (χ1v) is 11.5. The van der Waals surface area contributed by atoms with E-state index in [0.29, 0.717) is 11.3 Å². The van der Waals surface area contributed by atoms with Crippen LogP contribution in [0.15, 0.2) is 54.6 Å².